The predicted molar refractivity (Wildman–Crippen MR) is 68.7 cm³/mol. The standard InChI is InChI=1S/C14H12N2O2/c1-2-18-14(17)10-7-11-8-15-12-5-3-4-6-13(12)16(11)9-10/h3-9H,2H2,1H3. The highest BCUT2D eigenvalue weighted by atomic mass is 16.5. The highest BCUT2D eigenvalue weighted by Crippen LogP contribution is 2.17. The van der Waals surface area contributed by atoms with Gasteiger partial charge in [0, 0.05) is 6.20 Å². The van der Waals surface area contributed by atoms with Gasteiger partial charge in [-0.15, -0.1) is 0 Å². The molecule has 2 heterocycles. The van der Waals surface area contributed by atoms with Crippen LogP contribution in [0, 0.1) is 0 Å². The van der Waals surface area contributed by atoms with E-state index in [4.69, 9.17) is 4.74 Å². The molecule has 0 aliphatic rings. The van der Waals surface area contributed by atoms with Gasteiger partial charge >= 0.3 is 5.97 Å². The van der Waals surface area contributed by atoms with Crippen molar-refractivity contribution in [2.24, 2.45) is 0 Å². The zero-order valence-electron chi connectivity index (χ0n) is 9.96. The topological polar surface area (TPSA) is 43.6 Å². The Labute approximate surface area is 104 Å². The summed E-state index contributed by atoms with van der Waals surface area (Å²) in [6.45, 7) is 2.18. The monoisotopic (exact) mass is 240 g/mol. The highest BCUT2D eigenvalue weighted by Gasteiger charge is 2.10. The molecule has 0 saturated carbocycles. The summed E-state index contributed by atoms with van der Waals surface area (Å²) in [4.78, 5) is 16.0. The highest BCUT2D eigenvalue weighted by molar-refractivity contribution is 5.92. The molecule has 0 aliphatic heterocycles. The maximum absolute atomic E-state index is 11.7. The average molecular weight is 240 g/mol. The van der Waals surface area contributed by atoms with E-state index in [-0.39, 0.29) is 5.97 Å². The normalized spacial score (nSPS) is 10.9. The van der Waals surface area contributed by atoms with Gasteiger partial charge in [0.25, 0.3) is 0 Å². The molecular weight excluding hydrogens is 228 g/mol. The van der Waals surface area contributed by atoms with E-state index < -0.39 is 0 Å². The van der Waals surface area contributed by atoms with Crippen LogP contribution in [0.25, 0.3) is 16.6 Å². The molecule has 4 nitrogen and oxygen atoms in total. The van der Waals surface area contributed by atoms with Crippen LogP contribution in [0.15, 0.2) is 42.7 Å². The lowest BCUT2D eigenvalue weighted by Crippen LogP contribution is -2.02. The first kappa shape index (κ1) is 10.8. The zero-order valence-corrected chi connectivity index (χ0v) is 9.96. The Hall–Kier alpha value is -2.36. The largest absolute Gasteiger partial charge is 0.462 e. The third-order valence-electron chi connectivity index (χ3n) is 2.84. The number of carbonyl (C=O) groups excluding carboxylic acids is 1. The van der Waals surface area contributed by atoms with Crippen LogP contribution in [0.5, 0.6) is 0 Å². The van der Waals surface area contributed by atoms with E-state index in [2.05, 4.69) is 4.98 Å². The molecule has 0 fully saturated rings. The number of carbonyl (C=O) groups is 1. The van der Waals surface area contributed by atoms with Gasteiger partial charge in [-0.3, -0.25) is 4.98 Å². The zero-order chi connectivity index (χ0) is 12.5. The SMILES string of the molecule is CCOC(=O)c1cc2cnc3ccccc3n2c1. The molecule has 3 rings (SSSR count). The molecule has 0 saturated heterocycles. The van der Waals surface area contributed by atoms with Crippen molar-refractivity contribution < 1.29 is 9.53 Å². The number of benzene rings is 1. The first-order valence-electron chi connectivity index (χ1n) is 5.82. The fourth-order valence-corrected chi connectivity index (χ4v) is 2.03. The van der Waals surface area contributed by atoms with E-state index in [0.717, 1.165) is 16.6 Å². The van der Waals surface area contributed by atoms with Gasteiger partial charge in [0.05, 0.1) is 34.9 Å². The summed E-state index contributed by atoms with van der Waals surface area (Å²) < 4.78 is 6.95. The molecule has 4 heteroatoms. The Kier molecular flexibility index (Phi) is 2.48. The van der Waals surface area contributed by atoms with Gasteiger partial charge in [-0.2, -0.15) is 0 Å². The number of fused-ring (bicyclic) bond motifs is 3. The Morgan fingerprint density at radius 1 is 1.39 bits per heavy atom. The Morgan fingerprint density at radius 3 is 3.06 bits per heavy atom. The molecule has 0 N–H and O–H groups in total. The second kappa shape index (κ2) is 4.14. The predicted octanol–water partition coefficient (Wildman–Crippen LogP) is 2.66. The van der Waals surface area contributed by atoms with Crippen molar-refractivity contribution in [2.45, 2.75) is 6.92 Å². The average Bonchev–Trinajstić information content (AvgIpc) is 2.83. The minimum absolute atomic E-state index is 0.301. The Balaban J connectivity index is 2.22. The number of para-hydroxylation sites is 2. The van der Waals surface area contributed by atoms with Crippen molar-refractivity contribution in [3.8, 4) is 0 Å². The van der Waals surface area contributed by atoms with Gasteiger partial charge in [0.2, 0.25) is 0 Å². The van der Waals surface area contributed by atoms with Gasteiger partial charge in [0.15, 0.2) is 0 Å². The van der Waals surface area contributed by atoms with E-state index in [0.29, 0.717) is 12.2 Å². The second-order valence-corrected chi connectivity index (χ2v) is 3.99. The van der Waals surface area contributed by atoms with Crippen LogP contribution < -0.4 is 0 Å². The summed E-state index contributed by atoms with van der Waals surface area (Å²) in [7, 11) is 0. The Bertz CT molecular complexity index is 731. The van der Waals surface area contributed by atoms with Gasteiger partial charge in [-0.1, -0.05) is 12.1 Å². The molecule has 2 aromatic heterocycles. The second-order valence-electron chi connectivity index (χ2n) is 3.99. The van der Waals surface area contributed by atoms with Crippen molar-refractivity contribution >= 4 is 22.5 Å². The molecule has 3 aromatic rings. The lowest BCUT2D eigenvalue weighted by atomic mass is 10.3. The van der Waals surface area contributed by atoms with Crippen LogP contribution in [-0.2, 0) is 4.74 Å². The fourth-order valence-electron chi connectivity index (χ4n) is 2.03. The maximum Gasteiger partial charge on any atom is 0.339 e. The quantitative estimate of drug-likeness (QED) is 0.647. The van der Waals surface area contributed by atoms with E-state index in [1.54, 1.807) is 25.4 Å². The van der Waals surface area contributed by atoms with Gasteiger partial charge in [-0.05, 0) is 25.1 Å². The number of hydrogen-bond acceptors (Lipinski definition) is 3. The van der Waals surface area contributed by atoms with Crippen LogP contribution in [0.2, 0.25) is 0 Å². The molecule has 0 radical (unpaired) electrons. The molecule has 0 aliphatic carbocycles. The summed E-state index contributed by atoms with van der Waals surface area (Å²) in [6.07, 6.45) is 3.54. The van der Waals surface area contributed by atoms with Crippen molar-refractivity contribution in [1.29, 1.82) is 0 Å². The van der Waals surface area contributed by atoms with E-state index in [1.807, 2.05) is 28.7 Å². The third-order valence-corrected chi connectivity index (χ3v) is 2.84. The molecular formula is C14H12N2O2. The van der Waals surface area contributed by atoms with E-state index >= 15 is 0 Å². The number of hydrogen-bond donors (Lipinski definition) is 0. The third kappa shape index (κ3) is 1.62. The minimum Gasteiger partial charge on any atom is -0.462 e. The van der Waals surface area contributed by atoms with Crippen molar-refractivity contribution in [1.82, 2.24) is 9.38 Å². The number of aromatic nitrogens is 2. The maximum atomic E-state index is 11.7. The molecule has 0 amide bonds. The van der Waals surface area contributed by atoms with Crippen LogP contribution in [0.3, 0.4) is 0 Å². The molecule has 1 aromatic carbocycles. The summed E-state index contributed by atoms with van der Waals surface area (Å²) in [5.74, 6) is -0.301. The first-order chi connectivity index (χ1) is 8.79. The lowest BCUT2D eigenvalue weighted by Gasteiger charge is -2.00. The van der Waals surface area contributed by atoms with Gasteiger partial charge < -0.3 is 9.14 Å². The number of esters is 1. The summed E-state index contributed by atoms with van der Waals surface area (Å²) >= 11 is 0. The van der Waals surface area contributed by atoms with Crippen molar-refractivity contribution in [3.05, 3.63) is 48.3 Å². The van der Waals surface area contributed by atoms with Gasteiger partial charge in [0.1, 0.15) is 0 Å². The summed E-state index contributed by atoms with van der Waals surface area (Å²) in [6, 6.07) is 9.60. The lowest BCUT2D eigenvalue weighted by molar-refractivity contribution is 0.0526. The molecule has 0 bridgehead atoms. The Morgan fingerprint density at radius 2 is 2.22 bits per heavy atom. The first-order valence-corrected chi connectivity index (χ1v) is 5.82. The smallest absolute Gasteiger partial charge is 0.339 e. The number of rotatable bonds is 2. The molecule has 0 spiro atoms. The van der Waals surface area contributed by atoms with Crippen LogP contribution >= 0.6 is 0 Å². The van der Waals surface area contributed by atoms with E-state index in [9.17, 15) is 4.79 Å². The number of nitrogens with zero attached hydrogens (tertiary/aromatic N) is 2. The van der Waals surface area contributed by atoms with Crippen LogP contribution in [0.4, 0.5) is 0 Å². The van der Waals surface area contributed by atoms with Crippen molar-refractivity contribution in [2.75, 3.05) is 6.61 Å². The molecule has 0 unspecified atom stereocenters. The summed E-state index contributed by atoms with van der Waals surface area (Å²) in [5.41, 5.74) is 3.31. The van der Waals surface area contributed by atoms with E-state index in [1.165, 1.54) is 0 Å². The van der Waals surface area contributed by atoms with Crippen LogP contribution in [-0.4, -0.2) is 22.0 Å². The van der Waals surface area contributed by atoms with Crippen LogP contribution in [0.1, 0.15) is 17.3 Å². The molecule has 90 valence electrons. The fraction of sp³-hybridized carbons (Fsp3) is 0.143. The number of ether oxygens (including phenoxy) is 1. The molecule has 18 heavy (non-hydrogen) atoms. The van der Waals surface area contributed by atoms with Gasteiger partial charge in [-0.25, -0.2) is 4.79 Å². The molecule has 0 atom stereocenters. The van der Waals surface area contributed by atoms with Crippen molar-refractivity contribution in [3.63, 3.8) is 0 Å². The summed E-state index contributed by atoms with van der Waals surface area (Å²) in [5, 5.41) is 0. The minimum atomic E-state index is -0.301.